The Morgan fingerprint density at radius 2 is 1.74 bits per heavy atom. The maximum absolute atomic E-state index is 12.3. The summed E-state index contributed by atoms with van der Waals surface area (Å²) in [7, 11) is 0. The fourth-order valence-corrected chi connectivity index (χ4v) is 5.62. The normalized spacial score (nSPS) is 35.7. The first-order chi connectivity index (χ1) is 16.0. The summed E-state index contributed by atoms with van der Waals surface area (Å²) in [6, 6.07) is 0. The van der Waals surface area contributed by atoms with E-state index in [0.29, 0.717) is 18.4 Å². The van der Waals surface area contributed by atoms with Crippen LogP contribution in [0.25, 0.3) is 0 Å². The zero-order valence-electron chi connectivity index (χ0n) is 21.2. The van der Waals surface area contributed by atoms with E-state index >= 15 is 0 Å². The topological polar surface area (TPSA) is 165 Å². The largest absolute Gasteiger partial charge is 0.481 e. The number of fused-ring (bicyclic) bond motifs is 1. The molecule has 2 aliphatic rings. The summed E-state index contributed by atoms with van der Waals surface area (Å²) in [4.78, 5) is 23.1. The zero-order chi connectivity index (χ0) is 26.8. The van der Waals surface area contributed by atoms with Gasteiger partial charge in [-0.05, 0) is 75.9 Å². The van der Waals surface area contributed by atoms with Crippen molar-refractivity contribution in [2.45, 2.75) is 102 Å². The fourth-order valence-electron chi connectivity index (χ4n) is 5.62. The van der Waals surface area contributed by atoms with Crippen molar-refractivity contribution < 1.29 is 45.0 Å². The standard InChI is InChI=1S/C26H42O9/c1-15-19(27)7-6-16(14-35-23(32)13-25(4,34)12-22(30)31)10-21(29)26(5)9-8-17(24(2,3)33)18(26)11-20(15)28/h10,17-21,27-29,33-34H,1,6-9,11-14H2,2-5H3,(H,30,31)/b16-10-/t17-,18+,19-,20-,21+,25+,26+/m1/s1. The van der Waals surface area contributed by atoms with Crippen LogP contribution in [-0.4, -0.2) is 78.7 Å². The molecular formula is C26H42O9. The summed E-state index contributed by atoms with van der Waals surface area (Å²) < 4.78 is 5.29. The molecular weight excluding hydrogens is 456 g/mol. The van der Waals surface area contributed by atoms with Crippen molar-refractivity contribution in [3.63, 3.8) is 0 Å². The van der Waals surface area contributed by atoms with Crippen molar-refractivity contribution in [1.29, 1.82) is 0 Å². The van der Waals surface area contributed by atoms with Gasteiger partial charge in [-0.25, -0.2) is 0 Å². The van der Waals surface area contributed by atoms with Gasteiger partial charge in [-0.1, -0.05) is 19.6 Å². The molecule has 0 aromatic carbocycles. The lowest BCUT2D eigenvalue weighted by molar-refractivity contribution is -0.151. The van der Waals surface area contributed by atoms with Gasteiger partial charge in [-0.2, -0.15) is 0 Å². The SMILES string of the molecule is C=C1[C@H](O)CC/C(COC(=O)C[C@@](C)(O)CC(=O)O)=C/[C@H](O)[C@@]2(C)CC[C@@H](C(C)(C)O)[C@@H]2C[C@H]1O. The number of carbonyl (C=O) groups is 2. The average molecular weight is 499 g/mol. The molecule has 0 heterocycles. The molecule has 1 fully saturated rings. The molecule has 0 unspecified atom stereocenters. The molecule has 0 bridgehead atoms. The first-order valence-electron chi connectivity index (χ1n) is 12.2. The molecule has 2 rings (SSSR count). The molecule has 0 saturated heterocycles. The van der Waals surface area contributed by atoms with Gasteiger partial charge < -0.3 is 35.4 Å². The smallest absolute Gasteiger partial charge is 0.309 e. The third-order valence-electron chi connectivity index (χ3n) is 7.85. The molecule has 1 saturated carbocycles. The maximum Gasteiger partial charge on any atom is 0.309 e. The zero-order valence-corrected chi connectivity index (χ0v) is 21.2. The van der Waals surface area contributed by atoms with Crippen LogP contribution in [0.1, 0.15) is 72.6 Å². The van der Waals surface area contributed by atoms with Gasteiger partial charge in [0, 0.05) is 5.41 Å². The number of aliphatic hydroxyl groups is 5. The molecule has 35 heavy (non-hydrogen) atoms. The number of carboxylic acid groups (broad SMARTS) is 1. The first kappa shape index (κ1) is 29.5. The molecule has 0 amide bonds. The summed E-state index contributed by atoms with van der Waals surface area (Å²) >= 11 is 0. The van der Waals surface area contributed by atoms with Crippen molar-refractivity contribution in [2.75, 3.05) is 6.61 Å². The molecule has 9 heteroatoms. The molecule has 7 atom stereocenters. The van der Waals surface area contributed by atoms with E-state index in [0.717, 1.165) is 0 Å². The molecule has 0 aromatic heterocycles. The van der Waals surface area contributed by atoms with Gasteiger partial charge in [0.2, 0.25) is 0 Å². The molecule has 6 N–H and O–H groups in total. The van der Waals surface area contributed by atoms with E-state index in [1.54, 1.807) is 19.9 Å². The second kappa shape index (κ2) is 11.1. The maximum atomic E-state index is 12.3. The minimum Gasteiger partial charge on any atom is -0.481 e. The monoisotopic (exact) mass is 498 g/mol. The Labute approximate surface area is 207 Å². The van der Waals surface area contributed by atoms with Crippen LogP contribution in [0.5, 0.6) is 0 Å². The Morgan fingerprint density at radius 1 is 1.11 bits per heavy atom. The molecule has 0 aromatic rings. The van der Waals surface area contributed by atoms with E-state index in [1.807, 2.05) is 6.92 Å². The van der Waals surface area contributed by atoms with Crippen LogP contribution < -0.4 is 0 Å². The second-order valence-electron chi connectivity index (χ2n) is 11.5. The number of hydrogen-bond acceptors (Lipinski definition) is 8. The van der Waals surface area contributed by atoms with Crippen molar-refractivity contribution in [1.82, 2.24) is 0 Å². The fraction of sp³-hybridized carbons (Fsp3) is 0.769. The van der Waals surface area contributed by atoms with E-state index in [1.165, 1.54) is 6.92 Å². The average Bonchev–Trinajstić information content (AvgIpc) is 3.04. The summed E-state index contributed by atoms with van der Waals surface area (Å²) in [6.07, 6.45) is -0.501. The lowest BCUT2D eigenvalue weighted by atomic mass is 9.67. The predicted molar refractivity (Wildman–Crippen MR) is 128 cm³/mol. The molecule has 0 spiro atoms. The predicted octanol–water partition coefficient (Wildman–Crippen LogP) is 1.70. The van der Waals surface area contributed by atoms with Crippen LogP contribution in [0.3, 0.4) is 0 Å². The van der Waals surface area contributed by atoms with Gasteiger partial charge in [0.15, 0.2) is 0 Å². The molecule has 2 aliphatic carbocycles. The number of rotatable bonds is 7. The summed E-state index contributed by atoms with van der Waals surface area (Å²) in [5.41, 5.74) is -2.64. The summed E-state index contributed by atoms with van der Waals surface area (Å²) in [5.74, 6) is -2.47. The molecule has 9 nitrogen and oxygen atoms in total. The Morgan fingerprint density at radius 3 is 2.31 bits per heavy atom. The third-order valence-corrected chi connectivity index (χ3v) is 7.85. The molecule has 200 valence electrons. The van der Waals surface area contributed by atoms with Crippen LogP contribution in [0.2, 0.25) is 0 Å². The highest BCUT2D eigenvalue weighted by atomic mass is 16.5. The number of aliphatic carboxylic acids is 1. The minimum absolute atomic E-state index is 0.186. The van der Waals surface area contributed by atoms with Crippen molar-refractivity contribution in [3.05, 3.63) is 23.8 Å². The quantitative estimate of drug-likeness (QED) is 0.226. The van der Waals surface area contributed by atoms with E-state index in [2.05, 4.69) is 6.58 Å². The van der Waals surface area contributed by atoms with Gasteiger partial charge in [0.1, 0.15) is 6.61 Å². The first-order valence-corrected chi connectivity index (χ1v) is 12.2. The van der Waals surface area contributed by atoms with Crippen molar-refractivity contribution in [2.24, 2.45) is 17.3 Å². The van der Waals surface area contributed by atoms with E-state index in [-0.39, 0.29) is 43.3 Å². The third kappa shape index (κ3) is 7.60. The summed E-state index contributed by atoms with van der Waals surface area (Å²) in [5, 5.41) is 62.5. The molecule has 0 radical (unpaired) electrons. The number of carboxylic acids is 1. The van der Waals surface area contributed by atoms with Crippen molar-refractivity contribution >= 4 is 11.9 Å². The Kier molecular flexibility index (Phi) is 9.33. The Hall–Kier alpha value is -1.78. The van der Waals surface area contributed by atoms with Crippen LogP contribution in [-0.2, 0) is 14.3 Å². The lowest BCUT2D eigenvalue weighted by Gasteiger charge is -2.41. The van der Waals surface area contributed by atoms with Gasteiger partial charge in [0.05, 0.1) is 42.4 Å². The highest BCUT2D eigenvalue weighted by molar-refractivity contribution is 5.73. The van der Waals surface area contributed by atoms with Crippen LogP contribution >= 0.6 is 0 Å². The Bertz CT molecular complexity index is 825. The van der Waals surface area contributed by atoms with E-state index in [4.69, 9.17) is 9.84 Å². The number of hydrogen-bond donors (Lipinski definition) is 6. The van der Waals surface area contributed by atoms with Crippen LogP contribution in [0, 0.1) is 17.3 Å². The van der Waals surface area contributed by atoms with Gasteiger partial charge in [-0.15, -0.1) is 0 Å². The highest BCUT2D eigenvalue weighted by Crippen LogP contribution is 2.55. The van der Waals surface area contributed by atoms with E-state index in [9.17, 15) is 35.1 Å². The van der Waals surface area contributed by atoms with Crippen LogP contribution in [0.4, 0.5) is 0 Å². The van der Waals surface area contributed by atoms with Gasteiger partial charge >= 0.3 is 11.9 Å². The van der Waals surface area contributed by atoms with Crippen molar-refractivity contribution in [3.8, 4) is 0 Å². The van der Waals surface area contributed by atoms with Crippen LogP contribution in [0.15, 0.2) is 23.8 Å². The molecule has 0 aliphatic heterocycles. The number of ether oxygens (including phenoxy) is 1. The lowest BCUT2D eigenvalue weighted by Crippen LogP contribution is -2.43. The summed E-state index contributed by atoms with van der Waals surface area (Å²) in [6.45, 7) is 10.3. The number of esters is 1. The minimum atomic E-state index is -1.76. The van der Waals surface area contributed by atoms with E-state index < -0.39 is 59.7 Å². The van der Waals surface area contributed by atoms with Gasteiger partial charge in [-0.3, -0.25) is 9.59 Å². The van der Waals surface area contributed by atoms with Gasteiger partial charge in [0.25, 0.3) is 0 Å². The second-order valence-corrected chi connectivity index (χ2v) is 11.5. The number of carbonyl (C=O) groups excluding carboxylic acids is 1. The number of aliphatic hydroxyl groups excluding tert-OH is 3. The highest BCUT2D eigenvalue weighted by Gasteiger charge is 2.53. The Balaban J connectivity index is 2.28.